The van der Waals surface area contributed by atoms with E-state index in [0.29, 0.717) is 13.0 Å². The van der Waals surface area contributed by atoms with Gasteiger partial charge < -0.3 is 10.4 Å². The maximum absolute atomic E-state index is 11.7. The van der Waals surface area contributed by atoms with Crippen molar-refractivity contribution in [2.45, 2.75) is 25.8 Å². The van der Waals surface area contributed by atoms with Crippen molar-refractivity contribution in [3.8, 4) is 5.69 Å². The zero-order chi connectivity index (χ0) is 15.1. The smallest absolute Gasteiger partial charge is 0.303 e. The standard InChI is InChI=1S/C15H17N3O3/c19-14(7-3-8-15(20)21)16-11-12-5-1-2-6-13(12)18-10-4-9-17-18/h1-2,4-6,9-10H,3,7-8,11H2,(H,16,19)(H,20,21). The van der Waals surface area contributed by atoms with Crippen LogP contribution in [0.4, 0.5) is 0 Å². The highest BCUT2D eigenvalue weighted by Gasteiger charge is 2.07. The van der Waals surface area contributed by atoms with Gasteiger partial charge in [0, 0.05) is 31.8 Å². The molecule has 1 heterocycles. The van der Waals surface area contributed by atoms with E-state index < -0.39 is 5.97 Å². The Hall–Kier alpha value is -2.63. The highest BCUT2D eigenvalue weighted by atomic mass is 16.4. The lowest BCUT2D eigenvalue weighted by Crippen LogP contribution is -2.23. The molecule has 0 bridgehead atoms. The third-order valence-electron chi connectivity index (χ3n) is 3.01. The first-order valence-corrected chi connectivity index (χ1v) is 6.73. The third kappa shape index (κ3) is 4.45. The lowest BCUT2D eigenvalue weighted by Gasteiger charge is -2.10. The van der Waals surface area contributed by atoms with E-state index in [9.17, 15) is 9.59 Å². The van der Waals surface area contributed by atoms with Gasteiger partial charge in [-0.2, -0.15) is 5.10 Å². The molecule has 0 aliphatic rings. The van der Waals surface area contributed by atoms with E-state index in [0.717, 1.165) is 11.3 Å². The summed E-state index contributed by atoms with van der Waals surface area (Å²) in [6.45, 7) is 0.391. The van der Waals surface area contributed by atoms with Gasteiger partial charge in [0.2, 0.25) is 5.91 Å². The summed E-state index contributed by atoms with van der Waals surface area (Å²) in [6.07, 6.45) is 4.12. The number of carboxylic acids is 1. The summed E-state index contributed by atoms with van der Waals surface area (Å²) < 4.78 is 1.74. The van der Waals surface area contributed by atoms with Crippen molar-refractivity contribution in [1.82, 2.24) is 15.1 Å². The van der Waals surface area contributed by atoms with E-state index in [2.05, 4.69) is 10.4 Å². The van der Waals surface area contributed by atoms with Crippen molar-refractivity contribution >= 4 is 11.9 Å². The van der Waals surface area contributed by atoms with Gasteiger partial charge >= 0.3 is 5.97 Å². The number of rotatable bonds is 7. The third-order valence-corrected chi connectivity index (χ3v) is 3.01. The number of benzene rings is 1. The van der Waals surface area contributed by atoms with Crippen molar-refractivity contribution in [2.75, 3.05) is 0 Å². The SMILES string of the molecule is O=C(O)CCCC(=O)NCc1ccccc1-n1cccn1. The topological polar surface area (TPSA) is 84.2 Å². The van der Waals surface area contributed by atoms with Crippen molar-refractivity contribution in [1.29, 1.82) is 0 Å². The van der Waals surface area contributed by atoms with E-state index in [4.69, 9.17) is 5.11 Å². The fraction of sp³-hybridized carbons (Fsp3) is 0.267. The van der Waals surface area contributed by atoms with Gasteiger partial charge in [-0.25, -0.2) is 4.68 Å². The monoisotopic (exact) mass is 287 g/mol. The molecule has 2 aromatic rings. The number of nitrogens with zero attached hydrogens (tertiary/aromatic N) is 2. The van der Waals surface area contributed by atoms with Gasteiger partial charge in [0.1, 0.15) is 0 Å². The molecule has 0 aliphatic heterocycles. The van der Waals surface area contributed by atoms with Crippen LogP contribution in [-0.4, -0.2) is 26.8 Å². The minimum atomic E-state index is -0.883. The predicted octanol–water partition coefficient (Wildman–Crippen LogP) is 1.74. The molecule has 110 valence electrons. The second-order valence-corrected chi connectivity index (χ2v) is 4.60. The molecule has 0 spiro atoms. The average Bonchev–Trinajstić information content (AvgIpc) is 2.99. The van der Waals surface area contributed by atoms with Crippen LogP contribution in [0, 0.1) is 0 Å². The molecule has 1 aromatic heterocycles. The number of carbonyl (C=O) groups is 2. The van der Waals surface area contributed by atoms with E-state index in [1.807, 2.05) is 36.5 Å². The Kier molecular flexibility index (Phi) is 5.09. The summed E-state index contributed by atoms with van der Waals surface area (Å²) in [4.78, 5) is 22.1. The average molecular weight is 287 g/mol. The molecule has 0 unspecified atom stereocenters. The van der Waals surface area contributed by atoms with Gasteiger partial charge in [-0.15, -0.1) is 0 Å². The molecular formula is C15H17N3O3. The van der Waals surface area contributed by atoms with E-state index in [-0.39, 0.29) is 18.7 Å². The van der Waals surface area contributed by atoms with Gasteiger partial charge in [-0.05, 0) is 24.1 Å². The number of para-hydroxylation sites is 1. The lowest BCUT2D eigenvalue weighted by molar-refractivity contribution is -0.137. The minimum absolute atomic E-state index is 0.0112. The molecule has 0 atom stereocenters. The molecular weight excluding hydrogens is 270 g/mol. The van der Waals surface area contributed by atoms with Gasteiger partial charge in [-0.1, -0.05) is 18.2 Å². The molecule has 21 heavy (non-hydrogen) atoms. The Morgan fingerprint density at radius 2 is 2.00 bits per heavy atom. The van der Waals surface area contributed by atoms with Crippen LogP contribution in [0.15, 0.2) is 42.7 Å². The number of carbonyl (C=O) groups excluding carboxylic acids is 1. The van der Waals surface area contributed by atoms with Crippen LogP contribution in [0.1, 0.15) is 24.8 Å². The van der Waals surface area contributed by atoms with Crippen LogP contribution in [-0.2, 0) is 16.1 Å². The maximum atomic E-state index is 11.7. The molecule has 0 aliphatic carbocycles. The molecule has 6 heteroatoms. The fourth-order valence-electron chi connectivity index (χ4n) is 1.98. The van der Waals surface area contributed by atoms with Crippen molar-refractivity contribution in [3.63, 3.8) is 0 Å². The summed E-state index contributed by atoms with van der Waals surface area (Å²) >= 11 is 0. The molecule has 0 fully saturated rings. The first-order valence-electron chi connectivity index (χ1n) is 6.73. The molecule has 2 N–H and O–H groups in total. The number of hydrogen-bond acceptors (Lipinski definition) is 3. The molecule has 2 rings (SSSR count). The molecule has 0 saturated carbocycles. The van der Waals surface area contributed by atoms with Crippen LogP contribution in [0.2, 0.25) is 0 Å². The number of aliphatic carboxylic acids is 1. The van der Waals surface area contributed by atoms with Crippen LogP contribution < -0.4 is 5.32 Å². The number of carboxylic acid groups (broad SMARTS) is 1. The molecule has 6 nitrogen and oxygen atoms in total. The highest BCUT2D eigenvalue weighted by Crippen LogP contribution is 2.13. The largest absolute Gasteiger partial charge is 0.481 e. The molecule has 0 radical (unpaired) electrons. The van der Waals surface area contributed by atoms with Crippen molar-refractivity contribution < 1.29 is 14.7 Å². The molecule has 1 amide bonds. The summed E-state index contributed by atoms with van der Waals surface area (Å²) in [6, 6.07) is 9.50. The number of aromatic nitrogens is 2. The second-order valence-electron chi connectivity index (χ2n) is 4.60. The zero-order valence-corrected chi connectivity index (χ0v) is 11.5. The first kappa shape index (κ1) is 14.8. The second kappa shape index (κ2) is 7.23. The van der Waals surface area contributed by atoms with Crippen LogP contribution in [0.3, 0.4) is 0 Å². The Bertz CT molecular complexity index is 608. The Morgan fingerprint density at radius 3 is 2.71 bits per heavy atom. The highest BCUT2D eigenvalue weighted by molar-refractivity contribution is 5.76. The number of hydrogen-bond donors (Lipinski definition) is 2. The first-order chi connectivity index (χ1) is 10.2. The lowest BCUT2D eigenvalue weighted by atomic mass is 10.1. The predicted molar refractivity (Wildman–Crippen MR) is 76.9 cm³/mol. The molecule has 0 saturated heterocycles. The fourth-order valence-corrected chi connectivity index (χ4v) is 1.98. The van der Waals surface area contributed by atoms with Crippen LogP contribution in [0.5, 0.6) is 0 Å². The van der Waals surface area contributed by atoms with Gasteiger partial charge in [0.05, 0.1) is 5.69 Å². The van der Waals surface area contributed by atoms with Crippen molar-refractivity contribution in [2.24, 2.45) is 0 Å². The quantitative estimate of drug-likeness (QED) is 0.812. The zero-order valence-electron chi connectivity index (χ0n) is 11.5. The number of nitrogens with one attached hydrogen (secondary N) is 1. The summed E-state index contributed by atoms with van der Waals surface area (Å²) in [7, 11) is 0. The summed E-state index contributed by atoms with van der Waals surface area (Å²) in [5, 5.41) is 15.5. The van der Waals surface area contributed by atoms with Crippen LogP contribution in [0.25, 0.3) is 5.69 Å². The van der Waals surface area contributed by atoms with Gasteiger partial charge in [0.25, 0.3) is 0 Å². The maximum Gasteiger partial charge on any atom is 0.303 e. The van der Waals surface area contributed by atoms with E-state index in [1.165, 1.54) is 0 Å². The Morgan fingerprint density at radius 1 is 1.19 bits per heavy atom. The normalized spacial score (nSPS) is 10.3. The Labute approximate surface area is 122 Å². The van der Waals surface area contributed by atoms with Gasteiger partial charge in [0.15, 0.2) is 0 Å². The van der Waals surface area contributed by atoms with Gasteiger partial charge in [-0.3, -0.25) is 9.59 Å². The van der Waals surface area contributed by atoms with Crippen molar-refractivity contribution in [3.05, 3.63) is 48.3 Å². The van der Waals surface area contributed by atoms with Crippen LogP contribution >= 0.6 is 0 Å². The van der Waals surface area contributed by atoms with E-state index >= 15 is 0 Å². The minimum Gasteiger partial charge on any atom is -0.481 e. The Balaban J connectivity index is 1.92. The summed E-state index contributed by atoms with van der Waals surface area (Å²) in [5.41, 5.74) is 1.86. The molecule has 1 aromatic carbocycles. The summed E-state index contributed by atoms with van der Waals surface area (Å²) in [5.74, 6) is -1.03. The number of amides is 1. The van der Waals surface area contributed by atoms with E-state index in [1.54, 1.807) is 10.9 Å².